The van der Waals surface area contributed by atoms with E-state index in [1.54, 1.807) is 19.0 Å². The molecule has 3 aliphatic rings. The van der Waals surface area contributed by atoms with Crippen molar-refractivity contribution in [3.05, 3.63) is 46.8 Å². The van der Waals surface area contributed by atoms with Gasteiger partial charge in [0.25, 0.3) is 5.91 Å². The highest BCUT2D eigenvalue weighted by atomic mass is 35.5. The van der Waals surface area contributed by atoms with E-state index in [0.29, 0.717) is 63.8 Å². The second kappa shape index (κ2) is 13.6. The minimum atomic E-state index is -0.872. The third-order valence-corrected chi connectivity index (χ3v) is 9.90. The maximum Gasteiger partial charge on any atom is 0.253 e. The van der Waals surface area contributed by atoms with Crippen LogP contribution >= 0.6 is 12.4 Å². The third kappa shape index (κ3) is 6.53. The van der Waals surface area contributed by atoms with Gasteiger partial charge >= 0.3 is 0 Å². The van der Waals surface area contributed by atoms with Crippen LogP contribution in [0.1, 0.15) is 92.0 Å². The molecular formula is C33H49ClN6O4. The Hall–Kier alpha value is -2.95. The molecule has 0 bridgehead atoms. The lowest BCUT2D eigenvalue weighted by Crippen LogP contribution is -2.73. The molecule has 0 unspecified atom stereocenters. The molecule has 2 aromatic rings. The first-order valence-electron chi connectivity index (χ1n) is 15.9. The molecular weight excluding hydrogens is 580 g/mol. The number of hydrogen-bond acceptors (Lipinski definition) is 6. The number of aryl methyl sites for hydroxylation is 1. The Labute approximate surface area is 267 Å². The number of nitrogens with zero attached hydrogens (tertiary/aromatic N) is 5. The number of rotatable bonds is 8. The van der Waals surface area contributed by atoms with Crippen LogP contribution in [0.2, 0.25) is 0 Å². The number of hydrogen-bond donors (Lipinski definition) is 2. The van der Waals surface area contributed by atoms with Gasteiger partial charge in [0.15, 0.2) is 0 Å². The van der Waals surface area contributed by atoms with Gasteiger partial charge in [0.1, 0.15) is 11.6 Å². The first-order chi connectivity index (χ1) is 20.5. The molecule has 3 amide bonds. The lowest BCUT2D eigenvalue weighted by Gasteiger charge is -2.52. The SMILES string of the molecule is CCCN1C(=O)[C@@H](CC2(O)CCCCC2)NC(=O)C12CCN(Cc1c(C)nn(-c3ccc(C(=O)N(C)C)cc3)c1C)CC2.Cl. The van der Waals surface area contributed by atoms with E-state index in [-0.39, 0.29) is 30.1 Å². The first kappa shape index (κ1) is 33.9. The minimum absolute atomic E-state index is 0. The molecule has 1 aromatic heterocycles. The van der Waals surface area contributed by atoms with E-state index in [1.165, 1.54) is 0 Å². The molecule has 2 aliphatic heterocycles. The normalized spacial score (nSPS) is 21.6. The number of likely N-dealkylation sites (tertiary alicyclic amines) is 1. The highest BCUT2D eigenvalue weighted by Gasteiger charge is 2.54. The zero-order chi connectivity index (χ0) is 30.9. The number of piperidine rings is 1. The quantitative estimate of drug-likeness (QED) is 0.461. The fraction of sp³-hybridized carbons (Fsp3) is 0.636. The summed E-state index contributed by atoms with van der Waals surface area (Å²) in [6.45, 7) is 8.78. The average molecular weight is 629 g/mol. The van der Waals surface area contributed by atoms with Crippen LogP contribution in [0.3, 0.4) is 0 Å². The Bertz CT molecular complexity index is 1340. The van der Waals surface area contributed by atoms with Gasteiger partial charge in [-0.3, -0.25) is 19.3 Å². The van der Waals surface area contributed by atoms with Crippen LogP contribution in [0.5, 0.6) is 0 Å². The highest BCUT2D eigenvalue weighted by molar-refractivity contribution is 6.00. The largest absolute Gasteiger partial charge is 0.390 e. The van der Waals surface area contributed by atoms with Crippen LogP contribution in [0, 0.1) is 13.8 Å². The second-order valence-electron chi connectivity index (χ2n) is 13.1. The van der Waals surface area contributed by atoms with Crippen molar-refractivity contribution in [2.75, 3.05) is 33.7 Å². The summed E-state index contributed by atoms with van der Waals surface area (Å²) in [5, 5.41) is 19.0. The fourth-order valence-corrected chi connectivity index (χ4v) is 7.32. The van der Waals surface area contributed by atoms with E-state index < -0.39 is 17.2 Å². The van der Waals surface area contributed by atoms with Gasteiger partial charge in [0.2, 0.25) is 11.8 Å². The van der Waals surface area contributed by atoms with E-state index in [4.69, 9.17) is 5.10 Å². The fourth-order valence-electron chi connectivity index (χ4n) is 7.32. The van der Waals surface area contributed by atoms with Crippen molar-refractivity contribution in [3.8, 4) is 5.69 Å². The van der Waals surface area contributed by atoms with E-state index in [2.05, 4.69) is 17.1 Å². The Morgan fingerprint density at radius 2 is 1.68 bits per heavy atom. The Kier molecular flexibility index (Phi) is 10.5. The summed E-state index contributed by atoms with van der Waals surface area (Å²) in [5.41, 5.74) is 2.98. The molecule has 1 aliphatic carbocycles. The summed E-state index contributed by atoms with van der Waals surface area (Å²) in [7, 11) is 3.48. The van der Waals surface area contributed by atoms with E-state index in [9.17, 15) is 19.5 Å². The number of amides is 3. The molecule has 5 rings (SSSR count). The smallest absolute Gasteiger partial charge is 0.253 e. The van der Waals surface area contributed by atoms with Gasteiger partial charge in [-0.15, -0.1) is 12.4 Å². The molecule has 3 fully saturated rings. The number of aromatic nitrogens is 2. The highest BCUT2D eigenvalue weighted by Crippen LogP contribution is 2.38. The van der Waals surface area contributed by atoms with Gasteiger partial charge in [-0.05, 0) is 70.2 Å². The monoisotopic (exact) mass is 628 g/mol. The van der Waals surface area contributed by atoms with Gasteiger partial charge in [-0.2, -0.15) is 5.10 Å². The molecule has 1 aromatic carbocycles. The lowest BCUT2D eigenvalue weighted by molar-refractivity contribution is -0.163. The van der Waals surface area contributed by atoms with Crippen molar-refractivity contribution in [2.45, 2.75) is 102 Å². The minimum Gasteiger partial charge on any atom is -0.390 e. The van der Waals surface area contributed by atoms with Crippen molar-refractivity contribution >= 4 is 30.1 Å². The summed E-state index contributed by atoms with van der Waals surface area (Å²) in [6.07, 6.45) is 6.66. The van der Waals surface area contributed by atoms with Gasteiger partial charge in [0.05, 0.1) is 17.0 Å². The van der Waals surface area contributed by atoms with Crippen LogP contribution in [0.25, 0.3) is 5.69 Å². The Morgan fingerprint density at radius 1 is 1.05 bits per heavy atom. The Balaban J connectivity index is 0.00000442. The van der Waals surface area contributed by atoms with Gasteiger partial charge < -0.3 is 20.2 Å². The van der Waals surface area contributed by atoms with Crippen LogP contribution in [0.4, 0.5) is 0 Å². The molecule has 2 saturated heterocycles. The molecule has 10 nitrogen and oxygen atoms in total. The number of halogens is 1. The van der Waals surface area contributed by atoms with Crippen molar-refractivity contribution in [2.24, 2.45) is 0 Å². The molecule has 1 saturated carbocycles. The molecule has 0 radical (unpaired) electrons. The molecule has 1 atom stereocenters. The number of carbonyl (C=O) groups is 3. The standard InChI is InChI=1S/C33H48N6O4.ClH/c1-6-18-38-30(41)28(21-32(43)14-8-7-9-15-32)34-31(42)33(38)16-19-37(20-17-33)22-27-23(2)35-39(24(27)3)26-12-10-25(11-13-26)29(40)36(4)5;/h10-13,28,43H,6-9,14-22H2,1-5H3,(H,34,42);1H/t28-;/m1./s1. The second-order valence-corrected chi connectivity index (χ2v) is 13.1. The molecule has 2 N–H and O–H groups in total. The summed E-state index contributed by atoms with van der Waals surface area (Å²) < 4.78 is 1.93. The van der Waals surface area contributed by atoms with Crippen LogP contribution in [-0.2, 0) is 16.1 Å². The number of piperazine rings is 1. The first-order valence-corrected chi connectivity index (χ1v) is 15.9. The van der Waals surface area contributed by atoms with Crippen LogP contribution in [0.15, 0.2) is 24.3 Å². The molecule has 3 heterocycles. The predicted octanol–water partition coefficient (Wildman–Crippen LogP) is 3.77. The topological polar surface area (TPSA) is 111 Å². The average Bonchev–Trinajstić information content (AvgIpc) is 3.27. The van der Waals surface area contributed by atoms with Gasteiger partial charge in [0, 0.05) is 63.5 Å². The van der Waals surface area contributed by atoms with Gasteiger partial charge in [-0.25, -0.2) is 4.68 Å². The number of benzene rings is 1. The summed E-state index contributed by atoms with van der Waals surface area (Å²) >= 11 is 0. The number of nitrogens with one attached hydrogen (secondary N) is 1. The zero-order valence-corrected chi connectivity index (χ0v) is 27.7. The Morgan fingerprint density at radius 3 is 2.27 bits per heavy atom. The number of aliphatic hydroxyl groups is 1. The zero-order valence-electron chi connectivity index (χ0n) is 26.9. The summed E-state index contributed by atoms with van der Waals surface area (Å²) in [4.78, 5) is 45.6. The van der Waals surface area contributed by atoms with Gasteiger partial charge in [-0.1, -0.05) is 26.2 Å². The van der Waals surface area contributed by atoms with E-state index in [1.807, 2.05) is 47.7 Å². The van der Waals surface area contributed by atoms with Crippen molar-refractivity contribution in [1.82, 2.24) is 29.8 Å². The maximum atomic E-state index is 13.8. The van der Waals surface area contributed by atoms with Crippen molar-refractivity contribution < 1.29 is 19.5 Å². The number of carbonyl (C=O) groups excluding carboxylic acids is 3. The summed E-state index contributed by atoms with van der Waals surface area (Å²) in [5.74, 6) is -0.146. The maximum absolute atomic E-state index is 13.8. The van der Waals surface area contributed by atoms with E-state index >= 15 is 0 Å². The molecule has 1 spiro atoms. The van der Waals surface area contributed by atoms with E-state index in [0.717, 1.165) is 48.3 Å². The molecule has 11 heteroatoms. The summed E-state index contributed by atoms with van der Waals surface area (Å²) in [6, 6.07) is 6.85. The van der Waals surface area contributed by atoms with Crippen molar-refractivity contribution in [3.63, 3.8) is 0 Å². The van der Waals surface area contributed by atoms with Crippen LogP contribution in [-0.4, -0.2) is 98.2 Å². The lowest BCUT2D eigenvalue weighted by atomic mass is 9.77. The molecule has 242 valence electrons. The third-order valence-electron chi connectivity index (χ3n) is 9.90. The van der Waals surface area contributed by atoms with Crippen LogP contribution < -0.4 is 5.32 Å². The predicted molar refractivity (Wildman–Crippen MR) is 172 cm³/mol. The van der Waals surface area contributed by atoms with Crippen molar-refractivity contribution in [1.29, 1.82) is 0 Å². The molecule has 44 heavy (non-hydrogen) atoms.